The normalized spacial score (nSPS) is 23.9. The summed E-state index contributed by atoms with van der Waals surface area (Å²) in [5.41, 5.74) is -0.289. The number of carbonyl (C=O) groups is 3. The number of hydrogen-bond acceptors (Lipinski definition) is 8. The molecule has 1 aliphatic carbocycles. The number of ketones is 1. The molecular formula is C27H32O8. The van der Waals surface area contributed by atoms with Crippen molar-refractivity contribution < 1.29 is 38.4 Å². The van der Waals surface area contributed by atoms with Crippen molar-refractivity contribution in [3.05, 3.63) is 59.7 Å². The number of carbonyl (C=O) groups excluding carboxylic acids is 3. The average molecular weight is 485 g/mol. The van der Waals surface area contributed by atoms with Crippen LogP contribution < -0.4 is 9.47 Å². The van der Waals surface area contributed by atoms with Gasteiger partial charge in [0, 0.05) is 12.3 Å². The first kappa shape index (κ1) is 26.2. The van der Waals surface area contributed by atoms with Crippen molar-refractivity contribution in [3.63, 3.8) is 0 Å². The fraction of sp³-hybridized carbons (Fsp3) is 0.444. The lowest BCUT2D eigenvalue weighted by Gasteiger charge is -2.43. The van der Waals surface area contributed by atoms with Crippen molar-refractivity contribution in [1.29, 1.82) is 0 Å². The second kappa shape index (κ2) is 11.4. The molecule has 1 aliphatic rings. The summed E-state index contributed by atoms with van der Waals surface area (Å²) >= 11 is 0. The highest BCUT2D eigenvalue weighted by Crippen LogP contribution is 2.48. The Hall–Kier alpha value is -3.39. The molecule has 4 atom stereocenters. The monoisotopic (exact) mass is 484 g/mol. The van der Waals surface area contributed by atoms with Gasteiger partial charge in [-0.15, -0.1) is 0 Å². The van der Waals surface area contributed by atoms with Crippen molar-refractivity contribution in [1.82, 2.24) is 0 Å². The van der Waals surface area contributed by atoms with Crippen molar-refractivity contribution in [2.24, 2.45) is 11.8 Å². The van der Waals surface area contributed by atoms with E-state index in [0.717, 1.165) is 5.56 Å². The average Bonchev–Trinajstić information content (AvgIpc) is 2.82. The third kappa shape index (κ3) is 5.82. The number of methoxy groups -OCH3 is 1. The molecule has 1 fully saturated rings. The fourth-order valence-electron chi connectivity index (χ4n) is 4.63. The zero-order chi connectivity index (χ0) is 25.6. The lowest BCUT2D eigenvalue weighted by atomic mass is 9.61. The molecule has 0 unspecified atom stereocenters. The highest BCUT2D eigenvalue weighted by Gasteiger charge is 2.57. The Morgan fingerprint density at radius 1 is 1.00 bits per heavy atom. The van der Waals surface area contributed by atoms with Crippen molar-refractivity contribution in [3.8, 4) is 11.5 Å². The van der Waals surface area contributed by atoms with Crippen LogP contribution in [0, 0.1) is 11.8 Å². The van der Waals surface area contributed by atoms with Gasteiger partial charge in [-0.2, -0.15) is 0 Å². The van der Waals surface area contributed by atoms with E-state index in [4.69, 9.17) is 18.9 Å². The first-order valence-electron chi connectivity index (χ1n) is 11.7. The van der Waals surface area contributed by atoms with E-state index < -0.39 is 41.1 Å². The maximum Gasteiger partial charge on any atom is 0.317 e. The van der Waals surface area contributed by atoms with Gasteiger partial charge in [0.1, 0.15) is 12.5 Å². The largest absolute Gasteiger partial charge is 0.493 e. The minimum absolute atomic E-state index is 0.0748. The van der Waals surface area contributed by atoms with Crippen molar-refractivity contribution in [2.75, 3.05) is 20.3 Å². The Labute approximate surface area is 205 Å². The van der Waals surface area contributed by atoms with E-state index in [2.05, 4.69) is 0 Å². The van der Waals surface area contributed by atoms with Gasteiger partial charge in [0.2, 0.25) is 0 Å². The molecule has 1 saturated carbocycles. The molecule has 35 heavy (non-hydrogen) atoms. The molecule has 0 heterocycles. The number of rotatable bonds is 9. The zero-order valence-corrected chi connectivity index (χ0v) is 20.5. The number of esters is 2. The molecule has 2 aromatic carbocycles. The van der Waals surface area contributed by atoms with E-state index in [1.807, 2.05) is 30.3 Å². The molecule has 0 aliphatic heterocycles. The lowest BCUT2D eigenvalue weighted by molar-refractivity contribution is -0.172. The number of hydrogen-bond donors (Lipinski definition) is 1. The summed E-state index contributed by atoms with van der Waals surface area (Å²) in [6.07, 6.45) is -0.369. The van der Waals surface area contributed by atoms with Gasteiger partial charge >= 0.3 is 11.9 Å². The highest BCUT2D eigenvalue weighted by atomic mass is 16.5. The van der Waals surface area contributed by atoms with Crippen LogP contribution in [0.2, 0.25) is 0 Å². The Bertz CT molecular complexity index is 1050. The van der Waals surface area contributed by atoms with Crippen molar-refractivity contribution >= 4 is 17.7 Å². The van der Waals surface area contributed by atoms with Gasteiger partial charge < -0.3 is 24.1 Å². The minimum atomic E-state index is -1.72. The second-order valence-corrected chi connectivity index (χ2v) is 8.67. The lowest BCUT2D eigenvalue weighted by Crippen LogP contribution is -2.55. The highest BCUT2D eigenvalue weighted by molar-refractivity contribution is 6.02. The third-order valence-corrected chi connectivity index (χ3v) is 6.16. The van der Waals surface area contributed by atoms with Crippen LogP contribution in [-0.4, -0.2) is 48.8 Å². The molecule has 0 aromatic heterocycles. The number of aliphatic hydroxyl groups is 1. The van der Waals surface area contributed by atoms with Gasteiger partial charge in [-0.1, -0.05) is 36.4 Å². The Morgan fingerprint density at radius 2 is 1.66 bits per heavy atom. The molecular weight excluding hydrogens is 452 g/mol. The van der Waals surface area contributed by atoms with E-state index >= 15 is 0 Å². The van der Waals surface area contributed by atoms with E-state index in [1.54, 1.807) is 32.0 Å². The molecule has 0 spiro atoms. The first-order chi connectivity index (χ1) is 16.7. The van der Waals surface area contributed by atoms with E-state index in [-0.39, 0.29) is 19.6 Å². The van der Waals surface area contributed by atoms with Crippen LogP contribution in [0.15, 0.2) is 48.5 Å². The van der Waals surface area contributed by atoms with Crippen LogP contribution in [0.5, 0.6) is 11.5 Å². The van der Waals surface area contributed by atoms with Gasteiger partial charge in [0.15, 0.2) is 17.3 Å². The van der Waals surface area contributed by atoms with Crippen LogP contribution in [0.4, 0.5) is 0 Å². The first-order valence-corrected chi connectivity index (χ1v) is 11.7. The quantitative estimate of drug-likeness (QED) is 0.426. The maximum absolute atomic E-state index is 13.0. The predicted octanol–water partition coefficient (Wildman–Crippen LogP) is 3.44. The minimum Gasteiger partial charge on any atom is -0.493 e. The van der Waals surface area contributed by atoms with Gasteiger partial charge in [0.25, 0.3) is 0 Å². The summed E-state index contributed by atoms with van der Waals surface area (Å²) in [5.74, 6) is -4.57. The van der Waals surface area contributed by atoms with Crippen LogP contribution in [0.3, 0.4) is 0 Å². The molecule has 188 valence electrons. The summed E-state index contributed by atoms with van der Waals surface area (Å²) in [4.78, 5) is 38.9. The number of benzene rings is 2. The van der Waals surface area contributed by atoms with Gasteiger partial charge in [-0.3, -0.25) is 14.4 Å². The van der Waals surface area contributed by atoms with Gasteiger partial charge in [-0.25, -0.2) is 0 Å². The fourth-order valence-corrected chi connectivity index (χ4v) is 4.63. The molecule has 0 amide bonds. The molecule has 2 aromatic rings. The van der Waals surface area contributed by atoms with Crippen LogP contribution in [-0.2, 0) is 30.5 Å². The van der Waals surface area contributed by atoms with E-state index in [0.29, 0.717) is 23.7 Å². The van der Waals surface area contributed by atoms with Crippen LogP contribution in [0.1, 0.15) is 44.2 Å². The van der Waals surface area contributed by atoms with Gasteiger partial charge in [0.05, 0.1) is 31.8 Å². The van der Waals surface area contributed by atoms with E-state index in [1.165, 1.54) is 14.0 Å². The van der Waals surface area contributed by atoms with Gasteiger partial charge in [-0.05, 0) is 44.0 Å². The Morgan fingerprint density at radius 3 is 2.29 bits per heavy atom. The third-order valence-electron chi connectivity index (χ3n) is 6.16. The SMILES string of the molecule is CCOC(=O)[C@@H]1C(=O)C[C@](C)(O)[C@@H](C(=O)OCC)[C@H]1c1ccc(OCc2ccccc2)c(OC)c1. The Balaban J connectivity index is 2.04. The molecule has 1 N–H and O–H groups in total. The van der Waals surface area contributed by atoms with Crippen LogP contribution >= 0.6 is 0 Å². The summed E-state index contributed by atoms with van der Waals surface area (Å²) in [6.45, 7) is 5.18. The van der Waals surface area contributed by atoms with Crippen LogP contribution in [0.25, 0.3) is 0 Å². The molecule has 8 heteroatoms. The number of ether oxygens (including phenoxy) is 4. The summed E-state index contributed by atoms with van der Waals surface area (Å²) in [7, 11) is 1.47. The summed E-state index contributed by atoms with van der Waals surface area (Å²) in [6, 6.07) is 14.6. The maximum atomic E-state index is 13.0. The molecule has 3 rings (SSSR count). The zero-order valence-electron chi connectivity index (χ0n) is 20.5. The molecule has 8 nitrogen and oxygen atoms in total. The number of Topliss-reactive ketones (excluding diaryl/α,β-unsaturated/α-hetero) is 1. The molecule has 0 bridgehead atoms. The molecule has 0 radical (unpaired) electrons. The topological polar surface area (TPSA) is 108 Å². The second-order valence-electron chi connectivity index (χ2n) is 8.67. The van der Waals surface area contributed by atoms with Crippen molar-refractivity contribution in [2.45, 2.75) is 45.3 Å². The predicted molar refractivity (Wildman–Crippen MR) is 127 cm³/mol. The van der Waals surface area contributed by atoms with E-state index in [9.17, 15) is 19.5 Å². The summed E-state index contributed by atoms with van der Waals surface area (Å²) < 4.78 is 21.9. The molecule has 0 saturated heterocycles. The standard InChI is InChI=1S/C27H32O8/c1-5-33-25(29)23-19(28)15-27(3,31)24(26(30)34-6-2)22(23)18-12-13-20(21(14-18)32-4)35-16-17-10-8-7-9-11-17/h7-14,22-24,31H,5-6,15-16H2,1-4H3/t22-,23+,24+,27-/m0/s1. The summed E-state index contributed by atoms with van der Waals surface area (Å²) in [5, 5.41) is 11.1. The smallest absolute Gasteiger partial charge is 0.317 e. The Kier molecular flexibility index (Phi) is 8.51.